The number of aromatic amines is 1. The number of ether oxygens (including phenoxy) is 4. The van der Waals surface area contributed by atoms with Crippen molar-refractivity contribution in [3.63, 3.8) is 0 Å². The fourth-order valence-electron chi connectivity index (χ4n) is 2.75. The molecule has 39 heavy (non-hydrogen) atoms. The molecule has 0 aliphatic rings. The van der Waals surface area contributed by atoms with Gasteiger partial charge in [0.05, 0.1) is 74.6 Å². The number of methoxy groups -OCH3 is 3. The first-order valence-electron chi connectivity index (χ1n) is 11.3. The number of nitrogen functional groups attached to an aromatic ring is 2. The van der Waals surface area contributed by atoms with Crippen molar-refractivity contribution < 1.29 is 23.7 Å². The topological polar surface area (TPSA) is 178 Å². The minimum atomic E-state index is -0.417. The second-order valence-corrected chi connectivity index (χ2v) is 7.68. The van der Waals surface area contributed by atoms with Gasteiger partial charge in [0, 0.05) is 30.3 Å². The number of esters is 1. The van der Waals surface area contributed by atoms with Crippen LogP contribution in [0, 0.1) is 0 Å². The lowest BCUT2D eigenvalue weighted by molar-refractivity contribution is -0.137. The number of pyridine rings is 4. The number of carbonyl (C=O) groups is 1. The average molecular weight is 557 g/mol. The van der Waals surface area contributed by atoms with Gasteiger partial charge >= 0.3 is 5.97 Å². The lowest BCUT2D eigenvalue weighted by atomic mass is 10.2. The molecule has 0 spiro atoms. The zero-order valence-electron chi connectivity index (χ0n) is 21.8. The highest BCUT2D eigenvalue weighted by molar-refractivity contribution is 6.31. The predicted octanol–water partition coefficient (Wildman–Crippen LogP) is 3.51. The molecule has 0 saturated heterocycles. The molecule has 0 radical (unpaired) electrons. The van der Waals surface area contributed by atoms with E-state index >= 15 is 0 Å². The summed E-state index contributed by atoms with van der Waals surface area (Å²) in [6.07, 6.45) is 7.45. The highest BCUT2D eigenvalue weighted by Gasteiger charge is 2.01. The number of halogens is 1. The Balaban J connectivity index is 0.000000211. The summed E-state index contributed by atoms with van der Waals surface area (Å²) in [6, 6.07) is 8.12. The normalized spacial score (nSPS) is 10.1. The van der Waals surface area contributed by atoms with Gasteiger partial charge in [0.1, 0.15) is 17.2 Å². The van der Waals surface area contributed by atoms with Gasteiger partial charge in [0.15, 0.2) is 5.15 Å². The van der Waals surface area contributed by atoms with E-state index in [4.69, 9.17) is 42.0 Å². The van der Waals surface area contributed by atoms with Crippen LogP contribution in [0.4, 0.5) is 11.4 Å². The van der Waals surface area contributed by atoms with Crippen LogP contribution in [0.15, 0.2) is 59.8 Å². The molecule has 4 heterocycles. The fourth-order valence-corrected chi connectivity index (χ4v) is 2.85. The van der Waals surface area contributed by atoms with Gasteiger partial charge in [-0.15, -0.1) is 0 Å². The van der Waals surface area contributed by atoms with Crippen LogP contribution < -0.4 is 31.2 Å². The third-order valence-electron chi connectivity index (χ3n) is 4.68. The summed E-state index contributed by atoms with van der Waals surface area (Å²) in [4.78, 5) is 36.6. The Bertz CT molecular complexity index is 1480. The Kier molecular flexibility index (Phi) is 12.0. The van der Waals surface area contributed by atoms with Crippen molar-refractivity contribution in [2.45, 2.75) is 6.92 Å². The molecule has 4 rings (SSSR count). The Morgan fingerprint density at radius 1 is 0.923 bits per heavy atom. The summed E-state index contributed by atoms with van der Waals surface area (Å²) in [7, 11) is 4.64. The van der Waals surface area contributed by atoms with Crippen LogP contribution in [0.1, 0.15) is 12.6 Å². The molecule has 0 atom stereocenters. The monoisotopic (exact) mass is 556 g/mol. The summed E-state index contributed by atoms with van der Waals surface area (Å²) >= 11 is 5.55. The fraction of sp³-hybridized carbons (Fsp3) is 0.192. The number of rotatable bonds is 6. The van der Waals surface area contributed by atoms with Crippen LogP contribution in [0.2, 0.25) is 5.15 Å². The summed E-state index contributed by atoms with van der Waals surface area (Å²) in [5.74, 6) is 1.40. The Morgan fingerprint density at radius 2 is 1.51 bits per heavy atom. The molecule has 12 nitrogen and oxygen atoms in total. The number of H-pyrrole nitrogens is 1. The Labute approximate surface area is 229 Å². The maximum atomic E-state index is 11.0. The van der Waals surface area contributed by atoms with E-state index in [9.17, 15) is 9.59 Å². The number of aromatic nitrogens is 4. The summed E-state index contributed by atoms with van der Waals surface area (Å²) < 4.78 is 19.5. The number of nitrogens with zero attached hydrogens (tertiary/aromatic N) is 3. The van der Waals surface area contributed by atoms with E-state index in [2.05, 4.69) is 19.9 Å². The minimum Gasteiger partial charge on any atom is -0.495 e. The average Bonchev–Trinajstić information content (AvgIpc) is 2.94. The van der Waals surface area contributed by atoms with E-state index in [1.807, 2.05) is 0 Å². The molecule has 0 saturated carbocycles. The van der Waals surface area contributed by atoms with Crippen LogP contribution in [0.5, 0.6) is 17.2 Å². The molecule has 5 N–H and O–H groups in total. The van der Waals surface area contributed by atoms with E-state index in [0.717, 1.165) is 5.52 Å². The zero-order valence-corrected chi connectivity index (χ0v) is 22.6. The summed E-state index contributed by atoms with van der Waals surface area (Å²) in [6.45, 7) is 2.08. The van der Waals surface area contributed by atoms with E-state index < -0.39 is 5.97 Å². The first-order chi connectivity index (χ1) is 18.7. The first kappa shape index (κ1) is 30.4. The standard InChI is InChI=1S/C11H14N2O3.C9H8N2O2.C6H7ClN2O/c1-3-16-11(14)5-4-10-9(12)6-8(15-2)7-13-10;1-13-6-4-8-7(10-5-6)2-3-9(12)11-8;1-10-4-2-5(8)6(7)9-3-4/h4-7H,3,12H2,1-2H3;2-5H,1H3,(H,11,12);2-3H,8H2,1H3. The van der Waals surface area contributed by atoms with Gasteiger partial charge in [-0.05, 0) is 19.1 Å². The highest BCUT2D eigenvalue weighted by atomic mass is 35.5. The SMILES string of the molecule is CCOC(=O)C=Cc1ncc(OC)cc1N.COc1cnc(Cl)c(N)c1.COc1cnc2ccc(=O)[nH]c2c1. The Hall–Kier alpha value is -4.84. The van der Waals surface area contributed by atoms with Crippen LogP contribution in [0.3, 0.4) is 0 Å². The van der Waals surface area contributed by atoms with E-state index in [0.29, 0.717) is 51.6 Å². The molecular weight excluding hydrogens is 528 g/mol. The van der Waals surface area contributed by atoms with Crippen LogP contribution >= 0.6 is 11.6 Å². The van der Waals surface area contributed by atoms with Crippen LogP contribution in [0.25, 0.3) is 17.1 Å². The molecule has 0 fully saturated rings. The molecule has 206 valence electrons. The van der Waals surface area contributed by atoms with E-state index in [1.165, 1.54) is 37.7 Å². The smallest absolute Gasteiger partial charge is 0.330 e. The number of hydrogen-bond acceptors (Lipinski definition) is 11. The highest BCUT2D eigenvalue weighted by Crippen LogP contribution is 2.20. The van der Waals surface area contributed by atoms with E-state index in [-0.39, 0.29) is 5.56 Å². The maximum absolute atomic E-state index is 11.0. The van der Waals surface area contributed by atoms with Gasteiger partial charge in [-0.1, -0.05) is 11.6 Å². The molecular formula is C26H29ClN6O6. The number of anilines is 2. The van der Waals surface area contributed by atoms with Crippen molar-refractivity contribution >= 4 is 46.1 Å². The number of nitrogens with one attached hydrogen (secondary N) is 1. The molecule has 0 aromatic carbocycles. The van der Waals surface area contributed by atoms with Crippen molar-refractivity contribution in [1.29, 1.82) is 0 Å². The van der Waals surface area contributed by atoms with Crippen molar-refractivity contribution in [3.05, 3.63) is 76.2 Å². The van der Waals surface area contributed by atoms with Gasteiger partial charge in [-0.25, -0.2) is 9.78 Å². The number of carbonyl (C=O) groups excluding carboxylic acids is 1. The quantitative estimate of drug-likeness (QED) is 0.180. The van der Waals surface area contributed by atoms with Gasteiger partial charge in [-0.2, -0.15) is 0 Å². The molecule has 4 aromatic rings. The number of nitrogens with two attached hydrogens (primary N) is 2. The second kappa shape index (κ2) is 15.4. The van der Waals surface area contributed by atoms with Crippen LogP contribution in [-0.4, -0.2) is 53.8 Å². The Morgan fingerprint density at radius 3 is 2.10 bits per heavy atom. The molecule has 0 aliphatic carbocycles. The largest absolute Gasteiger partial charge is 0.495 e. The number of hydrogen-bond donors (Lipinski definition) is 3. The van der Waals surface area contributed by atoms with Crippen molar-refractivity contribution in [1.82, 2.24) is 19.9 Å². The molecule has 0 amide bonds. The molecule has 13 heteroatoms. The van der Waals surface area contributed by atoms with Crippen molar-refractivity contribution in [2.24, 2.45) is 0 Å². The molecule has 0 aliphatic heterocycles. The lowest BCUT2D eigenvalue weighted by Crippen LogP contribution is -2.02. The lowest BCUT2D eigenvalue weighted by Gasteiger charge is -2.02. The second-order valence-electron chi connectivity index (χ2n) is 7.32. The van der Waals surface area contributed by atoms with Crippen molar-refractivity contribution in [3.8, 4) is 17.2 Å². The molecule has 0 unspecified atom stereocenters. The minimum absolute atomic E-state index is 0.137. The predicted molar refractivity (Wildman–Crippen MR) is 150 cm³/mol. The maximum Gasteiger partial charge on any atom is 0.330 e. The van der Waals surface area contributed by atoms with Gasteiger partial charge in [0.25, 0.3) is 0 Å². The summed E-state index contributed by atoms with van der Waals surface area (Å²) in [5.41, 5.74) is 13.8. The number of fused-ring (bicyclic) bond motifs is 1. The van der Waals surface area contributed by atoms with E-state index in [1.54, 1.807) is 51.6 Å². The van der Waals surface area contributed by atoms with Crippen LogP contribution in [-0.2, 0) is 9.53 Å². The van der Waals surface area contributed by atoms with Gasteiger partial charge in [0.2, 0.25) is 5.56 Å². The van der Waals surface area contributed by atoms with Gasteiger partial charge in [-0.3, -0.25) is 14.8 Å². The summed E-state index contributed by atoms with van der Waals surface area (Å²) in [5, 5.41) is 0.306. The van der Waals surface area contributed by atoms with Crippen molar-refractivity contribution in [2.75, 3.05) is 39.4 Å². The van der Waals surface area contributed by atoms with Gasteiger partial charge < -0.3 is 35.4 Å². The third kappa shape index (κ3) is 9.85. The first-order valence-corrected chi connectivity index (χ1v) is 11.7. The molecule has 4 aromatic heterocycles. The zero-order chi connectivity index (χ0) is 28.8. The molecule has 0 bridgehead atoms. The third-order valence-corrected chi connectivity index (χ3v) is 5.00.